The van der Waals surface area contributed by atoms with E-state index in [1.807, 2.05) is 6.92 Å². The van der Waals surface area contributed by atoms with Crippen molar-refractivity contribution in [3.8, 4) is 17.2 Å². The van der Waals surface area contributed by atoms with Crippen LogP contribution >= 0.6 is 0 Å². The number of hydrogen-bond acceptors (Lipinski definition) is 4. The number of ketones is 1. The van der Waals surface area contributed by atoms with Gasteiger partial charge in [0.05, 0.1) is 6.61 Å². The molecule has 2 aromatic rings. The fourth-order valence-corrected chi connectivity index (χ4v) is 1.80. The van der Waals surface area contributed by atoms with Crippen LogP contribution in [0.5, 0.6) is 17.2 Å². The number of ether oxygens (including phenoxy) is 1. The van der Waals surface area contributed by atoms with Gasteiger partial charge in [-0.15, -0.1) is 0 Å². The molecule has 0 radical (unpaired) electrons. The van der Waals surface area contributed by atoms with Gasteiger partial charge in [0, 0.05) is 5.56 Å². The van der Waals surface area contributed by atoms with Gasteiger partial charge >= 0.3 is 0 Å². The van der Waals surface area contributed by atoms with Crippen molar-refractivity contribution in [1.29, 1.82) is 0 Å². The van der Waals surface area contributed by atoms with Crippen LogP contribution in [-0.4, -0.2) is 22.6 Å². The van der Waals surface area contributed by atoms with Gasteiger partial charge in [0.15, 0.2) is 17.3 Å². The summed E-state index contributed by atoms with van der Waals surface area (Å²) in [6, 6.07) is 10.9. The van der Waals surface area contributed by atoms with Crippen LogP contribution in [0.4, 0.5) is 0 Å². The van der Waals surface area contributed by atoms with Gasteiger partial charge in [-0.2, -0.15) is 0 Å². The summed E-state index contributed by atoms with van der Waals surface area (Å²) in [5.41, 5.74) is 1.25. The number of carbonyl (C=O) groups is 1. The minimum Gasteiger partial charge on any atom is -0.508 e. The highest BCUT2D eigenvalue weighted by molar-refractivity contribution is 6.06. The molecule has 2 rings (SSSR count). The fourth-order valence-electron chi connectivity index (χ4n) is 1.80. The maximum atomic E-state index is 12.0. The Balaban J connectivity index is 2.15. The Bertz CT molecular complexity index is 657. The van der Waals surface area contributed by atoms with Gasteiger partial charge in [0.25, 0.3) is 0 Å². The quantitative estimate of drug-likeness (QED) is 0.652. The molecule has 2 N–H and O–H groups in total. The Labute approximate surface area is 122 Å². The summed E-state index contributed by atoms with van der Waals surface area (Å²) in [6.07, 6.45) is 3.09. The van der Waals surface area contributed by atoms with Crippen molar-refractivity contribution in [3.63, 3.8) is 0 Å². The van der Waals surface area contributed by atoms with E-state index < -0.39 is 0 Å². The maximum absolute atomic E-state index is 12.0. The molecule has 0 atom stereocenters. The summed E-state index contributed by atoms with van der Waals surface area (Å²) < 4.78 is 5.29. The van der Waals surface area contributed by atoms with Crippen LogP contribution in [0.15, 0.2) is 48.5 Å². The smallest absolute Gasteiger partial charge is 0.185 e. The highest BCUT2D eigenvalue weighted by atomic mass is 16.5. The molecule has 4 nitrogen and oxygen atoms in total. The minimum absolute atomic E-state index is 0.0684. The Morgan fingerprint density at radius 3 is 2.52 bits per heavy atom. The number of phenolic OH excluding ortho intramolecular Hbond substituents is 2. The molecule has 21 heavy (non-hydrogen) atoms. The summed E-state index contributed by atoms with van der Waals surface area (Å²) in [4.78, 5) is 12.0. The zero-order valence-corrected chi connectivity index (χ0v) is 11.6. The van der Waals surface area contributed by atoms with Gasteiger partial charge in [0.2, 0.25) is 0 Å². The van der Waals surface area contributed by atoms with Crippen LogP contribution in [0.25, 0.3) is 6.08 Å². The van der Waals surface area contributed by atoms with Crippen LogP contribution < -0.4 is 4.74 Å². The fraction of sp³-hybridized carbons (Fsp3) is 0.118. The molecular weight excluding hydrogens is 268 g/mol. The summed E-state index contributed by atoms with van der Waals surface area (Å²) >= 11 is 0. The number of hydrogen-bond donors (Lipinski definition) is 2. The van der Waals surface area contributed by atoms with Crippen LogP contribution in [0.2, 0.25) is 0 Å². The Hall–Kier alpha value is -2.75. The first-order valence-corrected chi connectivity index (χ1v) is 6.57. The molecule has 0 aliphatic rings. The number of allylic oxidation sites excluding steroid dienone is 1. The summed E-state index contributed by atoms with van der Waals surface area (Å²) in [6.45, 7) is 2.28. The van der Waals surface area contributed by atoms with E-state index in [2.05, 4.69) is 0 Å². The number of rotatable bonds is 5. The van der Waals surface area contributed by atoms with Crippen LogP contribution in [-0.2, 0) is 0 Å². The van der Waals surface area contributed by atoms with Crippen molar-refractivity contribution in [1.82, 2.24) is 0 Å². The van der Waals surface area contributed by atoms with Gasteiger partial charge < -0.3 is 14.9 Å². The van der Waals surface area contributed by atoms with E-state index in [1.54, 1.807) is 30.3 Å². The largest absolute Gasteiger partial charge is 0.508 e. The number of aromatic hydroxyl groups is 2. The van der Waals surface area contributed by atoms with E-state index in [1.165, 1.54) is 24.3 Å². The number of benzene rings is 2. The standard InChI is InChI=1S/C17H16O4/c1-2-21-17-11-12(4-10-16(17)20)3-9-15(19)13-5-7-14(18)8-6-13/h3-11,18,20H,2H2,1H3/b9-3+. The van der Waals surface area contributed by atoms with E-state index in [-0.39, 0.29) is 17.3 Å². The van der Waals surface area contributed by atoms with Crippen molar-refractivity contribution >= 4 is 11.9 Å². The van der Waals surface area contributed by atoms with Crippen molar-refractivity contribution in [2.24, 2.45) is 0 Å². The highest BCUT2D eigenvalue weighted by Gasteiger charge is 2.04. The normalized spacial score (nSPS) is 10.7. The second-order valence-corrected chi connectivity index (χ2v) is 4.40. The van der Waals surface area contributed by atoms with E-state index in [4.69, 9.17) is 4.74 Å². The Morgan fingerprint density at radius 1 is 1.14 bits per heavy atom. The lowest BCUT2D eigenvalue weighted by Gasteiger charge is -2.06. The minimum atomic E-state index is -0.166. The van der Waals surface area contributed by atoms with E-state index in [0.29, 0.717) is 17.9 Å². The molecule has 0 bridgehead atoms. The number of carbonyl (C=O) groups excluding carboxylic acids is 1. The second kappa shape index (κ2) is 6.61. The summed E-state index contributed by atoms with van der Waals surface area (Å²) in [5.74, 6) is 0.409. The molecule has 0 saturated heterocycles. The molecule has 0 fully saturated rings. The first-order chi connectivity index (χ1) is 10.1. The average molecular weight is 284 g/mol. The lowest BCUT2D eigenvalue weighted by molar-refractivity contribution is 0.104. The number of phenols is 2. The molecule has 2 aromatic carbocycles. The zero-order chi connectivity index (χ0) is 15.2. The first kappa shape index (κ1) is 14.7. The van der Waals surface area contributed by atoms with Crippen LogP contribution in [0.3, 0.4) is 0 Å². The average Bonchev–Trinajstić information content (AvgIpc) is 2.48. The monoisotopic (exact) mass is 284 g/mol. The summed E-state index contributed by atoms with van der Waals surface area (Å²) in [7, 11) is 0. The second-order valence-electron chi connectivity index (χ2n) is 4.40. The van der Waals surface area contributed by atoms with Crippen LogP contribution in [0, 0.1) is 0 Å². The predicted molar refractivity (Wildman–Crippen MR) is 80.7 cm³/mol. The SMILES string of the molecule is CCOc1cc(/C=C/C(=O)c2ccc(O)cc2)ccc1O. The van der Waals surface area contributed by atoms with Crippen molar-refractivity contribution in [2.45, 2.75) is 6.92 Å². The van der Waals surface area contributed by atoms with Gasteiger partial charge in [-0.25, -0.2) is 0 Å². The molecule has 0 unspecified atom stereocenters. The highest BCUT2D eigenvalue weighted by Crippen LogP contribution is 2.27. The molecule has 0 amide bonds. The third-order valence-corrected chi connectivity index (χ3v) is 2.86. The van der Waals surface area contributed by atoms with E-state index in [0.717, 1.165) is 5.56 Å². The van der Waals surface area contributed by atoms with Gasteiger partial charge in [0.1, 0.15) is 5.75 Å². The van der Waals surface area contributed by atoms with Gasteiger partial charge in [-0.05, 0) is 55.0 Å². The molecule has 0 aliphatic heterocycles. The third-order valence-electron chi connectivity index (χ3n) is 2.86. The molecule has 4 heteroatoms. The maximum Gasteiger partial charge on any atom is 0.185 e. The molecule has 0 aliphatic carbocycles. The third kappa shape index (κ3) is 3.86. The Kier molecular flexibility index (Phi) is 4.61. The van der Waals surface area contributed by atoms with E-state index in [9.17, 15) is 15.0 Å². The lowest BCUT2D eigenvalue weighted by Crippen LogP contribution is -1.94. The Morgan fingerprint density at radius 2 is 1.86 bits per heavy atom. The molecule has 0 spiro atoms. The molecule has 0 aromatic heterocycles. The molecule has 0 saturated carbocycles. The molecular formula is C17H16O4. The molecule has 108 valence electrons. The zero-order valence-electron chi connectivity index (χ0n) is 11.6. The topological polar surface area (TPSA) is 66.8 Å². The molecule has 0 heterocycles. The van der Waals surface area contributed by atoms with Crippen molar-refractivity contribution < 1.29 is 19.7 Å². The summed E-state index contributed by atoms with van der Waals surface area (Å²) in [5, 5.41) is 18.8. The van der Waals surface area contributed by atoms with Crippen molar-refractivity contribution in [3.05, 3.63) is 59.7 Å². The van der Waals surface area contributed by atoms with Crippen LogP contribution in [0.1, 0.15) is 22.8 Å². The van der Waals surface area contributed by atoms with Gasteiger partial charge in [-0.3, -0.25) is 4.79 Å². The first-order valence-electron chi connectivity index (χ1n) is 6.57. The lowest BCUT2D eigenvalue weighted by atomic mass is 10.1. The van der Waals surface area contributed by atoms with E-state index >= 15 is 0 Å². The predicted octanol–water partition coefficient (Wildman–Crippen LogP) is 3.39. The van der Waals surface area contributed by atoms with Crippen molar-refractivity contribution in [2.75, 3.05) is 6.61 Å². The van der Waals surface area contributed by atoms with Gasteiger partial charge in [-0.1, -0.05) is 12.1 Å².